The molecule has 0 atom stereocenters. The quantitative estimate of drug-likeness (QED) is 0.387. The van der Waals surface area contributed by atoms with Gasteiger partial charge in [-0.05, 0) is 81.6 Å². The van der Waals surface area contributed by atoms with E-state index in [4.69, 9.17) is 9.57 Å². The lowest BCUT2D eigenvalue weighted by Crippen LogP contribution is -2.51. The number of likely N-dealkylation sites (tertiary alicyclic amines) is 1. The van der Waals surface area contributed by atoms with Gasteiger partial charge in [-0.3, -0.25) is 19.5 Å². The Kier molecular flexibility index (Phi) is 8.50. The summed E-state index contributed by atoms with van der Waals surface area (Å²) in [6.07, 6.45) is 4.00. The summed E-state index contributed by atoms with van der Waals surface area (Å²) in [7, 11) is -3.87. The van der Waals surface area contributed by atoms with Gasteiger partial charge in [-0.1, -0.05) is 24.3 Å². The van der Waals surface area contributed by atoms with Crippen molar-refractivity contribution in [1.82, 2.24) is 15.4 Å². The van der Waals surface area contributed by atoms with E-state index in [2.05, 4.69) is 15.4 Å². The highest BCUT2D eigenvalue weighted by molar-refractivity contribution is 7.92. The van der Waals surface area contributed by atoms with Crippen molar-refractivity contribution >= 4 is 15.7 Å². The Morgan fingerprint density at radius 2 is 1.63 bits per heavy atom. The fraction of sp³-hybridized carbons (Fsp3) is 0.379. The number of amides is 1. The van der Waals surface area contributed by atoms with Gasteiger partial charge in [-0.2, -0.15) is 0 Å². The molecular formula is C29H35N3O5S. The van der Waals surface area contributed by atoms with Gasteiger partial charge in [-0.25, -0.2) is 13.9 Å². The van der Waals surface area contributed by atoms with E-state index in [9.17, 15) is 13.2 Å². The standard InChI is InChI=1S/C29H35N3O5S/c1-28(2,3)37-31-27(33)20-29(15-18-32(19-16-29)22-23-8-7-17-30-21-23)38(34,35)26-13-11-25(12-14-26)36-24-9-5-4-6-10-24/h4-14,17,21H,15-16,18-20,22H2,1-3H3,(H,31,33). The van der Waals surface area contributed by atoms with Crippen LogP contribution < -0.4 is 10.2 Å². The molecule has 0 radical (unpaired) electrons. The van der Waals surface area contributed by atoms with E-state index >= 15 is 0 Å². The molecule has 0 bridgehead atoms. The molecule has 8 nitrogen and oxygen atoms in total. The predicted octanol–water partition coefficient (Wildman–Crippen LogP) is 4.92. The summed E-state index contributed by atoms with van der Waals surface area (Å²) in [6.45, 7) is 7.20. The van der Waals surface area contributed by atoms with E-state index in [1.807, 2.05) is 69.4 Å². The molecule has 1 aliphatic heterocycles. The van der Waals surface area contributed by atoms with Crippen LogP contribution in [0.4, 0.5) is 0 Å². The van der Waals surface area contributed by atoms with Crippen LogP contribution in [0.25, 0.3) is 0 Å². The third-order valence-electron chi connectivity index (χ3n) is 6.53. The summed E-state index contributed by atoms with van der Waals surface area (Å²) in [5.41, 5.74) is 2.93. The molecule has 0 saturated carbocycles. The SMILES string of the molecule is CC(C)(C)ONC(=O)CC1(S(=O)(=O)c2ccc(Oc3ccccc3)cc2)CCN(Cc2cccnc2)CC1. The maximum atomic E-state index is 14.1. The van der Waals surface area contributed by atoms with Gasteiger partial charge >= 0.3 is 0 Å². The summed E-state index contributed by atoms with van der Waals surface area (Å²) in [4.78, 5) is 24.9. The van der Waals surface area contributed by atoms with E-state index < -0.39 is 26.1 Å². The second kappa shape index (κ2) is 11.6. The molecule has 1 fully saturated rings. The minimum Gasteiger partial charge on any atom is -0.457 e. The van der Waals surface area contributed by atoms with E-state index in [0.717, 1.165) is 5.56 Å². The second-order valence-corrected chi connectivity index (χ2v) is 13.0. The zero-order chi connectivity index (χ0) is 27.2. The van der Waals surface area contributed by atoms with Crippen molar-refractivity contribution in [2.45, 2.75) is 61.8 Å². The number of hydrogen-bond acceptors (Lipinski definition) is 7. The number of ether oxygens (including phenoxy) is 1. The van der Waals surface area contributed by atoms with E-state index in [1.165, 1.54) is 0 Å². The summed E-state index contributed by atoms with van der Waals surface area (Å²) >= 11 is 0. The van der Waals surface area contributed by atoms with Crippen molar-refractivity contribution in [1.29, 1.82) is 0 Å². The Hall–Kier alpha value is -3.27. The molecule has 3 aromatic rings. The molecule has 0 unspecified atom stereocenters. The molecular weight excluding hydrogens is 502 g/mol. The monoisotopic (exact) mass is 537 g/mol. The lowest BCUT2D eigenvalue weighted by molar-refractivity contribution is -0.146. The molecule has 2 heterocycles. The molecule has 0 spiro atoms. The number of nitrogens with one attached hydrogen (secondary N) is 1. The van der Waals surface area contributed by atoms with E-state index in [-0.39, 0.29) is 11.3 Å². The number of carbonyl (C=O) groups is 1. The molecule has 1 amide bonds. The lowest BCUT2D eigenvalue weighted by Gasteiger charge is -2.41. The highest BCUT2D eigenvalue weighted by Crippen LogP contribution is 2.39. The minimum absolute atomic E-state index is 0.170. The first kappa shape index (κ1) is 27.8. The highest BCUT2D eigenvalue weighted by Gasteiger charge is 2.48. The van der Waals surface area contributed by atoms with Crippen molar-refractivity contribution < 1.29 is 22.8 Å². The van der Waals surface area contributed by atoms with Crippen LogP contribution in [-0.2, 0) is 26.0 Å². The van der Waals surface area contributed by atoms with Gasteiger partial charge in [-0.15, -0.1) is 0 Å². The van der Waals surface area contributed by atoms with Crippen LogP contribution in [0, 0.1) is 0 Å². The molecule has 2 aromatic carbocycles. The van der Waals surface area contributed by atoms with Gasteiger partial charge < -0.3 is 4.74 Å². The first-order valence-electron chi connectivity index (χ1n) is 12.7. The molecule has 1 N–H and O–H groups in total. The van der Waals surface area contributed by atoms with Crippen LogP contribution in [0.5, 0.6) is 11.5 Å². The Labute approximate surface area is 224 Å². The first-order chi connectivity index (χ1) is 18.1. The van der Waals surface area contributed by atoms with Crippen molar-refractivity contribution in [2.75, 3.05) is 13.1 Å². The number of sulfone groups is 1. The smallest absolute Gasteiger partial charge is 0.245 e. The van der Waals surface area contributed by atoms with Crippen molar-refractivity contribution in [3.63, 3.8) is 0 Å². The third kappa shape index (κ3) is 6.98. The number of aromatic nitrogens is 1. The summed E-state index contributed by atoms with van der Waals surface area (Å²) in [6, 6.07) is 19.6. The van der Waals surface area contributed by atoms with Gasteiger partial charge in [0.05, 0.1) is 15.2 Å². The maximum absolute atomic E-state index is 14.1. The highest BCUT2D eigenvalue weighted by atomic mass is 32.2. The van der Waals surface area contributed by atoms with Crippen LogP contribution in [0.1, 0.15) is 45.6 Å². The molecule has 1 saturated heterocycles. The molecule has 1 aliphatic rings. The molecule has 38 heavy (non-hydrogen) atoms. The predicted molar refractivity (Wildman–Crippen MR) is 145 cm³/mol. The number of nitrogens with zero attached hydrogens (tertiary/aromatic N) is 2. The van der Waals surface area contributed by atoms with Crippen LogP contribution in [0.15, 0.2) is 84.0 Å². The lowest BCUT2D eigenvalue weighted by atomic mass is 9.91. The molecule has 0 aliphatic carbocycles. The fourth-order valence-corrected chi connectivity index (χ4v) is 6.54. The van der Waals surface area contributed by atoms with Gasteiger partial charge in [0.25, 0.3) is 0 Å². The number of pyridine rings is 1. The Morgan fingerprint density at radius 1 is 0.974 bits per heavy atom. The van der Waals surface area contributed by atoms with E-state index in [0.29, 0.717) is 44.0 Å². The average Bonchev–Trinajstić information content (AvgIpc) is 2.90. The van der Waals surface area contributed by atoms with Crippen LogP contribution in [0.2, 0.25) is 0 Å². The largest absolute Gasteiger partial charge is 0.457 e. The molecule has 202 valence electrons. The normalized spacial score (nSPS) is 16.1. The number of hydroxylamine groups is 1. The van der Waals surface area contributed by atoms with Crippen molar-refractivity contribution in [2.24, 2.45) is 0 Å². The maximum Gasteiger partial charge on any atom is 0.245 e. The number of carbonyl (C=O) groups excluding carboxylic acids is 1. The van der Waals surface area contributed by atoms with Crippen LogP contribution in [0.3, 0.4) is 0 Å². The van der Waals surface area contributed by atoms with Gasteiger partial charge in [0, 0.05) is 38.4 Å². The summed E-state index contributed by atoms with van der Waals surface area (Å²) in [5.74, 6) is 0.746. The first-order valence-corrected chi connectivity index (χ1v) is 14.2. The Morgan fingerprint density at radius 3 is 2.24 bits per heavy atom. The van der Waals surface area contributed by atoms with Gasteiger partial charge in [0.1, 0.15) is 11.5 Å². The molecule has 1 aromatic heterocycles. The van der Waals surface area contributed by atoms with Crippen LogP contribution in [-0.4, -0.2) is 47.6 Å². The van der Waals surface area contributed by atoms with Gasteiger partial charge in [0.15, 0.2) is 9.84 Å². The minimum atomic E-state index is -3.87. The number of para-hydroxylation sites is 1. The topological polar surface area (TPSA) is 97.8 Å². The van der Waals surface area contributed by atoms with Crippen LogP contribution >= 0.6 is 0 Å². The molecule has 9 heteroatoms. The third-order valence-corrected chi connectivity index (χ3v) is 9.12. The number of piperidine rings is 1. The van der Waals surface area contributed by atoms with Crippen molar-refractivity contribution in [3.05, 3.63) is 84.7 Å². The summed E-state index contributed by atoms with van der Waals surface area (Å²) < 4.78 is 32.8. The Balaban J connectivity index is 1.54. The van der Waals surface area contributed by atoms with E-state index in [1.54, 1.807) is 30.5 Å². The zero-order valence-electron chi connectivity index (χ0n) is 22.1. The number of hydrogen-bond donors (Lipinski definition) is 1. The number of rotatable bonds is 9. The second-order valence-electron chi connectivity index (χ2n) is 10.6. The zero-order valence-corrected chi connectivity index (χ0v) is 22.9. The Bertz CT molecular complexity index is 1300. The van der Waals surface area contributed by atoms with Gasteiger partial charge in [0.2, 0.25) is 5.91 Å². The number of benzene rings is 2. The van der Waals surface area contributed by atoms with Crippen molar-refractivity contribution in [3.8, 4) is 11.5 Å². The average molecular weight is 538 g/mol. The molecule has 4 rings (SSSR count). The fourth-order valence-electron chi connectivity index (χ4n) is 4.51. The summed E-state index contributed by atoms with van der Waals surface area (Å²) in [5, 5.41) is 0.